The quantitative estimate of drug-likeness (QED) is 0.664. The zero-order chi connectivity index (χ0) is 14.6. The van der Waals surface area contributed by atoms with Gasteiger partial charge in [-0.3, -0.25) is 4.79 Å². The number of carbonyl (C=O) groups excluding carboxylic acids is 1. The maximum absolute atomic E-state index is 11.7. The molecule has 0 bridgehead atoms. The number of hydrogen-bond acceptors (Lipinski definition) is 7. The summed E-state index contributed by atoms with van der Waals surface area (Å²) in [5.74, 6) is 1.21. The second kappa shape index (κ2) is 6.87. The van der Waals surface area contributed by atoms with E-state index in [0.717, 1.165) is 10.2 Å². The van der Waals surface area contributed by atoms with Gasteiger partial charge in [0.15, 0.2) is 4.34 Å². The van der Waals surface area contributed by atoms with Crippen LogP contribution < -0.4 is 0 Å². The molecule has 0 spiro atoms. The molecular weight excluding hydrogens is 296 g/mol. The Morgan fingerprint density at radius 1 is 1.55 bits per heavy atom. The maximum Gasteiger partial charge on any atom is 0.308 e. The fourth-order valence-corrected chi connectivity index (χ4v) is 4.13. The molecule has 0 unspecified atom stereocenters. The van der Waals surface area contributed by atoms with Gasteiger partial charge in [-0.2, -0.15) is 4.37 Å². The smallest absolute Gasteiger partial charge is 0.308 e. The summed E-state index contributed by atoms with van der Waals surface area (Å²) >= 11 is 2.91. The summed E-state index contributed by atoms with van der Waals surface area (Å²) in [6, 6.07) is 0. The summed E-state index contributed by atoms with van der Waals surface area (Å²) in [6.45, 7) is 4.10. The molecule has 0 aromatic carbocycles. The number of rotatable bonds is 5. The first kappa shape index (κ1) is 15.7. The van der Waals surface area contributed by atoms with Crippen molar-refractivity contribution >= 4 is 29.3 Å². The van der Waals surface area contributed by atoms with Crippen LogP contribution in [0.15, 0.2) is 4.34 Å². The molecule has 0 aliphatic heterocycles. The number of aromatic nitrogens is 2. The molecule has 1 N–H and O–H groups in total. The van der Waals surface area contributed by atoms with Crippen LogP contribution in [0.4, 0.5) is 0 Å². The van der Waals surface area contributed by atoms with E-state index in [-0.39, 0.29) is 11.9 Å². The fraction of sp³-hybridized carbons (Fsp3) is 0.769. The van der Waals surface area contributed by atoms with Crippen molar-refractivity contribution in [3.8, 4) is 0 Å². The van der Waals surface area contributed by atoms with Gasteiger partial charge in [-0.1, -0.05) is 11.8 Å². The highest BCUT2D eigenvalue weighted by atomic mass is 32.2. The Morgan fingerprint density at radius 2 is 2.25 bits per heavy atom. The summed E-state index contributed by atoms with van der Waals surface area (Å²) in [6.07, 6.45) is 2.68. The molecule has 7 heteroatoms. The van der Waals surface area contributed by atoms with E-state index in [1.807, 2.05) is 13.8 Å². The standard InChI is InChI=1S/C13H20N2O3S2/c1-3-18-11(16)10-4-6-13(17,7-5-10)8-19-12-14-9(2)15-20-12/h10,17H,3-8H2,1-2H3. The predicted octanol–water partition coefficient (Wildman–Crippen LogP) is 2.42. The SMILES string of the molecule is CCOC(=O)C1CCC(O)(CSc2nc(C)ns2)CC1. The largest absolute Gasteiger partial charge is 0.466 e. The molecule has 0 atom stereocenters. The van der Waals surface area contributed by atoms with Crippen LogP contribution in [-0.4, -0.2) is 38.4 Å². The van der Waals surface area contributed by atoms with E-state index in [2.05, 4.69) is 9.36 Å². The molecule has 112 valence electrons. The molecule has 2 rings (SSSR count). The van der Waals surface area contributed by atoms with Gasteiger partial charge in [-0.25, -0.2) is 4.98 Å². The van der Waals surface area contributed by atoms with Gasteiger partial charge in [0.1, 0.15) is 5.82 Å². The average molecular weight is 316 g/mol. The Kier molecular flexibility index (Phi) is 5.40. The van der Waals surface area contributed by atoms with Crippen molar-refractivity contribution in [3.63, 3.8) is 0 Å². The number of ether oxygens (including phenoxy) is 1. The van der Waals surface area contributed by atoms with Crippen LogP contribution in [0.2, 0.25) is 0 Å². The normalized spacial score (nSPS) is 26.4. The van der Waals surface area contributed by atoms with Gasteiger partial charge in [-0.15, -0.1) is 0 Å². The van der Waals surface area contributed by atoms with Crippen LogP contribution in [0.5, 0.6) is 0 Å². The summed E-state index contributed by atoms with van der Waals surface area (Å²) in [4.78, 5) is 15.9. The maximum atomic E-state index is 11.7. The highest BCUT2D eigenvalue weighted by Crippen LogP contribution is 2.36. The van der Waals surface area contributed by atoms with Crippen molar-refractivity contribution < 1.29 is 14.6 Å². The van der Waals surface area contributed by atoms with Crippen molar-refractivity contribution in [2.45, 2.75) is 49.5 Å². The molecule has 5 nitrogen and oxygen atoms in total. The third-order valence-corrected chi connectivity index (χ3v) is 5.71. The highest BCUT2D eigenvalue weighted by molar-refractivity contribution is 8.01. The minimum atomic E-state index is -0.701. The second-order valence-corrected chi connectivity index (χ2v) is 7.12. The molecular formula is C13H20N2O3S2. The van der Waals surface area contributed by atoms with Gasteiger partial charge in [0.25, 0.3) is 0 Å². The minimum Gasteiger partial charge on any atom is -0.466 e. The molecule has 1 aromatic heterocycles. The van der Waals surface area contributed by atoms with Crippen molar-refractivity contribution in [2.75, 3.05) is 12.4 Å². The second-order valence-electron chi connectivity index (χ2n) is 5.15. The molecule has 1 fully saturated rings. The van der Waals surface area contributed by atoms with E-state index in [0.29, 0.717) is 38.0 Å². The molecule has 0 saturated heterocycles. The van der Waals surface area contributed by atoms with Gasteiger partial charge >= 0.3 is 5.97 Å². The first-order valence-electron chi connectivity index (χ1n) is 6.84. The average Bonchev–Trinajstić information content (AvgIpc) is 2.84. The van der Waals surface area contributed by atoms with Crippen LogP contribution in [0.1, 0.15) is 38.4 Å². The molecule has 1 heterocycles. The molecule has 1 aliphatic carbocycles. The molecule has 0 radical (unpaired) electrons. The third kappa shape index (κ3) is 4.17. The summed E-state index contributed by atoms with van der Waals surface area (Å²) in [7, 11) is 0. The number of esters is 1. The van der Waals surface area contributed by atoms with Crippen LogP contribution in [0, 0.1) is 12.8 Å². The summed E-state index contributed by atoms with van der Waals surface area (Å²) < 4.78 is 10.1. The monoisotopic (exact) mass is 316 g/mol. The number of carbonyl (C=O) groups is 1. The molecule has 20 heavy (non-hydrogen) atoms. The van der Waals surface area contributed by atoms with E-state index in [4.69, 9.17) is 4.74 Å². The Balaban J connectivity index is 1.80. The lowest BCUT2D eigenvalue weighted by Gasteiger charge is -2.34. The summed E-state index contributed by atoms with van der Waals surface area (Å²) in [5.41, 5.74) is -0.701. The van der Waals surface area contributed by atoms with E-state index in [1.54, 1.807) is 11.8 Å². The Hall–Kier alpha value is -0.660. The summed E-state index contributed by atoms with van der Waals surface area (Å²) in [5, 5.41) is 10.6. The topological polar surface area (TPSA) is 72.3 Å². The zero-order valence-electron chi connectivity index (χ0n) is 11.8. The van der Waals surface area contributed by atoms with Gasteiger partial charge in [0.05, 0.1) is 18.1 Å². The lowest BCUT2D eigenvalue weighted by atomic mass is 9.80. The van der Waals surface area contributed by atoms with Crippen molar-refractivity contribution in [1.82, 2.24) is 9.36 Å². The lowest BCUT2D eigenvalue weighted by Crippen LogP contribution is -2.38. The van der Waals surface area contributed by atoms with Crippen LogP contribution in [0.3, 0.4) is 0 Å². The van der Waals surface area contributed by atoms with Crippen LogP contribution in [-0.2, 0) is 9.53 Å². The van der Waals surface area contributed by atoms with Gasteiger partial charge in [0, 0.05) is 5.75 Å². The van der Waals surface area contributed by atoms with Crippen molar-refractivity contribution in [1.29, 1.82) is 0 Å². The van der Waals surface area contributed by atoms with E-state index < -0.39 is 5.60 Å². The Labute approximate surface area is 127 Å². The van der Waals surface area contributed by atoms with Gasteiger partial charge in [0.2, 0.25) is 0 Å². The highest BCUT2D eigenvalue weighted by Gasteiger charge is 2.36. The van der Waals surface area contributed by atoms with Gasteiger partial charge < -0.3 is 9.84 Å². The molecule has 1 saturated carbocycles. The van der Waals surface area contributed by atoms with Crippen LogP contribution in [0.25, 0.3) is 0 Å². The van der Waals surface area contributed by atoms with E-state index in [1.165, 1.54) is 11.5 Å². The van der Waals surface area contributed by atoms with E-state index >= 15 is 0 Å². The number of thioether (sulfide) groups is 1. The fourth-order valence-electron chi connectivity index (χ4n) is 2.33. The number of aliphatic hydroxyl groups is 1. The molecule has 0 amide bonds. The number of hydrogen-bond donors (Lipinski definition) is 1. The number of aryl methyl sites for hydroxylation is 1. The Morgan fingerprint density at radius 3 is 2.80 bits per heavy atom. The van der Waals surface area contributed by atoms with Crippen molar-refractivity contribution in [3.05, 3.63) is 5.82 Å². The number of nitrogens with zero attached hydrogens (tertiary/aromatic N) is 2. The zero-order valence-corrected chi connectivity index (χ0v) is 13.4. The van der Waals surface area contributed by atoms with Crippen LogP contribution >= 0.6 is 23.3 Å². The van der Waals surface area contributed by atoms with Gasteiger partial charge in [-0.05, 0) is 51.1 Å². The van der Waals surface area contributed by atoms with E-state index in [9.17, 15) is 9.90 Å². The molecule has 1 aliphatic rings. The molecule has 1 aromatic rings. The minimum absolute atomic E-state index is 0.0519. The predicted molar refractivity (Wildman–Crippen MR) is 78.9 cm³/mol. The Bertz CT molecular complexity index is 456. The first-order valence-corrected chi connectivity index (χ1v) is 8.60. The third-order valence-electron chi connectivity index (χ3n) is 3.51. The lowest BCUT2D eigenvalue weighted by molar-refractivity contribution is -0.150. The first-order chi connectivity index (χ1) is 9.52. The van der Waals surface area contributed by atoms with Crippen molar-refractivity contribution in [2.24, 2.45) is 5.92 Å².